The summed E-state index contributed by atoms with van der Waals surface area (Å²) in [5.41, 5.74) is 8.59. The zero-order valence-corrected chi connectivity index (χ0v) is 19.2. The molecule has 0 amide bonds. The second kappa shape index (κ2) is 8.41. The van der Waals surface area contributed by atoms with E-state index in [9.17, 15) is 9.18 Å². The SMILES string of the molecule is NSc1ccc(Nc2nc(N)c3c(n2)n(C2CCOC2)c(=O)n3-c2ccc3[nH]ccc3c2)c(F)c1. The van der Waals surface area contributed by atoms with Gasteiger partial charge in [-0.2, -0.15) is 9.97 Å². The first-order chi connectivity index (χ1) is 17.0. The summed E-state index contributed by atoms with van der Waals surface area (Å²) in [6, 6.07) is 11.9. The summed E-state index contributed by atoms with van der Waals surface area (Å²) < 4.78 is 23.2. The molecule has 0 bridgehead atoms. The number of fused-ring (bicyclic) bond motifs is 2. The van der Waals surface area contributed by atoms with Gasteiger partial charge in [-0.05, 0) is 60.8 Å². The van der Waals surface area contributed by atoms with Crippen LogP contribution < -0.4 is 21.9 Å². The molecule has 10 nitrogen and oxygen atoms in total. The Morgan fingerprint density at radius 2 is 2.09 bits per heavy atom. The van der Waals surface area contributed by atoms with Gasteiger partial charge in [0.2, 0.25) is 5.95 Å². The first-order valence-corrected chi connectivity index (χ1v) is 11.8. The van der Waals surface area contributed by atoms with Gasteiger partial charge < -0.3 is 20.8 Å². The van der Waals surface area contributed by atoms with Crippen molar-refractivity contribution in [3.05, 3.63) is 65.0 Å². The van der Waals surface area contributed by atoms with E-state index in [4.69, 9.17) is 15.6 Å². The molecule has 6 rings (SSSR count). The summed E-state index contributed by atoms with van der Waals surface area (Å²) in [6.07, 6.45) is 2.50. The monoisotopic (exact) mass is 492 g/mol. The number of hydrogen-bond donors (Lipinski definition) is 4. The lowest BCUT2D eigenvalue weighted by atomic mass is 10.2. The highest BCUT2D eigenvalue weighted by Gasteiger charge is 2.28. The van der Waals surface area contributed by atoms with Gasteiger partial charge in [-0.3, -0.25) is 14.3 Å². The van der Waals surface area contributed by atoms with Crippen LogP contribution in [0.15, 0.2) is 58.4 Å². The van der Waals surface area contributed by atoms with Gasteiger partial charge in [0.15, 0.2) is 11.5 Å². The van der Waals surface area contributed by atoms with Crippen LogP contribution in [-0.4, -0.2) is 37.3 Å². The number of H-pyrrole nitrogens is 1. The van der Waals surface area contributed by atoms with Crippen molar-refractivity contribution < 1.29 is 9.13 Å². The minimum atomic E-state index is -0.512. The van der Waals surface area contributed by atoms with Crippen molar-refractivity contribution in [1.29, 1.82) is 0 Å². The number of rotatable bonds is 5. The third-order valence-corrected chi connectivity index (χ3v) is 6.66. The van der Waals surface area contributed by atoms with Crippen molar-refractivity contribution in [2.24, 2.45) is 5.14 Å². The number of nitrogens with zero attached hydrogens (tertiary/aromatic N) is 4. The molecular formula is C23H21FN8O2S. The molecule has 1 atom stereocenters. The highest BCUT2D eigenvalue weighted by Crippen LogP contribution is 2.30. The quantitative estimate of drug-likeness (QED) is 0.273. The fraction of sp³-hybridized carbons (Fsp3) is 0.174. The molecule has 1 fully saturated rings. The van der Waals surface area contributed by atoms with E-state index >= 15 is 0 Å². The van der Waals surface area contributed by atoms with Gasteiger partial charge >= 0.3 is 5.69 Å². The molecule has 0 radical (unpaired) electrons. The zero-order chi connectivity index (χ0) is 24.1. The number of nitrogens with one attached hydrogen (secondary N) is 2. The number of benzene rings is 2. The summed E-state index contributed by atoms with van der Waals surface area (Å²) in [6.45, 7) is 0.927. The fourth-order valence-corrected chi connectivity index (χ4v) is 4.78. The lowest BCUT2D eigenvalue weighted by Crippen LogP contribution is -2.27. The van der Waals surface area contributed by atoms with Crippen molar-refractivity contribution in [3.8, 4) is 5.69 Å². The van der Waals surface area contributed by atoms with Crippen LogP contribution >= 0.6 is 11.9 Å². The van der Waals surface area contributed by atoms with Crippen LogP contribution in [0.5, 0.6) is 0 Å². The summed E-state index contributed by atoms with van der Waals surface area (Å²) >= 11 is 0.948. The minimum Gasteiger partial charge on any atom is -0.382 e. The van der Waals surface area contributed by atoms with Gasteiger partial charge in [-0.15, -0.1) is 0 Å². The second-order valence-electron chi connectivity index (χ2n) is 8.24. The molecule has 6 N–H and O–H groups in total. The van der Waals surface area contributed by atoms with Crippen LogP contribution in [-0.2, 0) is 4.74 Å². The van der Waals surface area contributed by atoms with Crippen LogP contribution in [0, 0.1) is 5.82 Å². The summed E-state index contributed by atoms with van der Waals surface area (Å²) in [7, 11) is 0. The molecule has 1 aliphatic rings. The number of aromatic nitrogens is 5. The molecule has 1 unspecified atom stereocenters. The molecule has 0 spiro atoms. The van der Waals surface area contributed by atoms with Crippen molar-refractivity contribution in [2.75, 3.05) is 24.3 Å². The average molecular weight is 493 g/mol. The topological polar surface area (TPSA) is 142 Å². The number of halogens is 1. The third kappa shape index (κ3) is 3.62. The van der Waals surface area contributed by atoms with E-state index in [1.54, 1.807) is 16.7 Å². The predicted molar refractivity (Wildman–Crippen MR) is 134 cm³/mol. The van der Waals surface area contributed by atoms with E-state index in [2.05, 4.69) is 20.3 Å². The van der Waals surface area contributed by atoms with Crippen LogP contribution in [0.2, 0.25) is 0 Å². The van der Waals surface area contributed by atoms with E-state index < -0.39 is 5.82 Å². The molecule has 1 saturated heterocycles. The number of nitrogens with two attached hydrogens (primary N) is 2. The molecule has 1 aliphatic heterocycles. The van der Waals surface area contributed by atoms with Gasteiger partial charge in [-0.1, -0.05) is 0 Å². The molecule has 4 heterocycles. The first-order valence-electron chi connectivity index (χ1n) is 10.9. The lowest BCUT2D eigenvalue weighted by molar-refractivity contribution is 0.186. The first kappa shape index (κ1) is 21.6. The molecule has 0 aliphatic carbocycles. The molecule has 5 aromatic rings. The van der Waals surface area contributed by atoms with Gasteiger partial charge in [-0.25, -0.2) is 9.18 Å². The maximum absolute atomic E-state index is 14.6. The fourth-order valence-electron chi connectivity index (χ4n) is 4.46. The largest absolute Gasteiger partial charge is 0.382 e. The van der Waals surface area contributed by atoms with Gasteiger partial charge in [0.25, 0.3) is 0 Å². The van der Waals surface area contributed by atoms with Crippen LogP contribution in [0.1, 0.15) is 12.5 Å². The molecule has 35 heavy (non-hydrogen) atoms. The number of nitrogen functional groups attached to an aromatic ring is 1. The molecule has 12 heteroatoms. The van der Waals surface area contributed by atoms with Crippen molar-refractivity contribution in [2.45, 2.75) is 17.4 Å². The Morgan fingerprint density at radius 3 is 2.86 bits per heavy atom. The smallest absolute Gasteiger partial charge is 0.335 e. The van der Waals surface area contributed by atoms with Crippen LogP contribution in [0.4, 0.5) is 21.8 Å². The van der Waals surface area contributed by atoms with E-state index in [0.717, 1.165) is 22.9 Å². The maximum atomic E-state index is 14.6. The Morgan fingerprint density at radius 1 is 1.20 bits per heavy atom. The Hall–Kier alpha value is -3.87. The average Bonchev–Trinajstić information content (AvgIpc) is 3.59. The van der Waals surface area contributed by atoms with E-state index in [0.29, 0.717) is 41.4 Å². The Kier molecular flexibility index (Phi) is 5.20. The van der Waals surface area contributed by atoms with Crippen molar-refractivity contribution in [3.63, 3.8) is 0 Å². The minimum absolute atomic E-state index is 0.0768. The summed E-state index contributed by atoms with van der Waals surface area (Å²) in [5, 5.41) is 9.34. The standard InChI is InChI=1S/C23H21FN8O2S/c24-16-10-15(35-26)2-4-18(16)28-22-29-20(25)19-21(30-22)32(14-6-8-34-11-14)23(33)31(19)13-1-3-17-12(9-13)5-7-27-17/h1-5,7,9-10,14,27H,6,8,11,26H2,(H3,25,28,29,30). The second-order valence-corrected chi connectivity index (χ2v) is 8.95. The molecule has 3 aromatic heterocycles. The predicted octanol–water partition coefficient (Wildman–Crippen LogP) is 3.46. The molecular weight excluding hydrogens is 471 g/mol. The van der Waals surface area contributed by atoms with E-state index in [1.807, 2.05) is 30.5 Å². The maximum Gasteiger partial charge on any atom is 0.335 e. The number of aromatic amines is 1. The molecule has 0 saturated carbocycles. The van der Waals surface area contributed by atoms with Gasteiger partial charge in [0.1, 0.15) is 11.3 Å². The van der Waals surface area contributed by atoms with Crippen LogP contribution in [0.25, 0.3) is 27.8 Å². The zero-order valence-electron chi connectivity index (χ0n) is 18.4. The Labute approximate surface area is 202 Å². The number of ether oxygens (including phenoxy) is 1. The summed E-state index contributed by atoms with van der Waals surface area (Å²) in [5.74, 6) is -0.342. The Balaban J connectivity index is 1.54. The highest BCUT2D eigenvalue weighted by molar-refractivity contribution is 7.97. The highest BCUT2D eigenvalue weighted by atomic mass is 32.2. The van der Waals surface area contributed by atoms with Gasteiger partial charge in [0.05, 0.1) is 24.0 Å². The van der Waals surface area contributed by atoms with Crippen molar-refractivity contribution >= 4 is 51.5 Å². The van der Waals surface area contributed by atoms with E-state index in [-0.39, 0.29) is 29.2 Å². The van der Waals surface area contributed by atoms with Crippen molar-refractivity contribution in [1.82, 2.24) is 24.1 Å². The summed E-state index contributed by atoms with van der Waals surface area (Å²) in [4.78, 5) is 26.4. The van der Waals surface area contributed by atoms with Gasteiger partial charge in [0, 0.05) is 28.6 Å². The number of hydrogen-bond acceptors (Lipinski definition) is 8. The molecule has 2 aromatic carbocycles. The van der Waals surface area contributed by atoms with Crippen LogP contribution in [0.3, 0.4) is 0 Å². The normalized spacial score (nSPS) is 15.9. The number of imidazole rings is 1. The van der Waals surface area contributed by atoms with E-state index in [1.165, 1.54) is 10.6 Å². The third-order valence-electron chi connectivity index (χ3n) is 6.13. The lowest BCUT2D eigenvalue weighted by Gasteiger charge is -2.11. The number of anilines is 3. The Bertz CT molecular complexity index is 1640. The molecule has 178 valence electrons.